The van der Waals surface area contributed by atoms with Crippen molar-refractivity contribution in [2.75, 3.05) is 24.9 Å². The minimum atomic E-state index is -3.32. The van der Waals surface area contributed by atoms with Crippen LogP contribution in [0.15, 0.2) is 0 Å². The molecule has 0 saturated carbocycles. The third kappa shape index (κ3) is 7.17. The van der Waals surface area contributed by atoms with E-state index in [1.807, 2.05) is 0 Å². The smallest absolute Gasteiger partial charge is 0.413 e. The van der Waals surface area contributed by atoms with Crippen molar-refractivity contribution in [2.24, 2.45) is 0 Å². The highest BCUT2D eigenvalue weighted by Gasteiger charge is 2.26. The first-order valence-electron chi connectivity index (χ1n) is 7.57. The van der Waals surface area contributed by atoms with Gasteiger partial charge in [-0.15, -0.1) is 0 Å². The van der Waals surface area contributed by atoms with Crippen LogP contribution in [-0.2, 0) is 18.3 Å². The van der Waals surface area contributed by atoms with Crippen LogP contribution in [0.5, 0.6) is 5.88 Å². The lowest BCUT2D eigenvalue weighted by Crippen LogP contribution is -2.27. The predicted molar refractivity (Wildman–Crippen MR) is 93.1 cm³/mol. The molecule has 138 valence electrons. The second-order valence-corrected chi connectivity index (χ2v) is 8.93. The van der Waals surface area contributed by atoms with E-state index >= 15 is 0 Å². The van der Waals surface area contributed by atoms with Crippen molar-refractivity contribution in [1.82, 2.24) is 4.98 Å². The van der Waals surface area contributed by atoms with Gasteiger partial charge in [0.1, 0.15) is 5.60 Å². The number of thiazole rings is 1. The molecule has 0 atom stereocenters. The van der Waals surface area contributed by atoms with E-state index in [2.05, 4.69) is 10.3 Å². The number of aryl methyl sites for hydroxylation is 1. The highest BCUT2D eigenvalue weighted by molar-refractivity contribution is 7.53. The topological polar surface area (TPSA) is 96.0 Å². The first-order valence-corrected chi connectivity index (χ1v) is 10.1. The van der Waals surface area contributed by atoms with Gasteiger partial charge in [0, 0.05) is 0 Å². The van der Waals surface area contributed by atoms with Crippen LogP contribution >= 0.6 is 18.9 Å². The van der Waals surface area contributed by atoms with Gasteiger partial charge in [-0.1, -0.05) is 11.3 Å². The van der Waals surface area contributed by atoms with E-state index in [4.69, 9.17) is 18.5 Å². The molecular formula is C14H25N2O6PS. The van der Waals surface area contributed by atoms with Crippen LogP contribution in [0.3, 0.4) is 0 Å². The van der Waals surface area contributed by atoms with E-state index in [9.17, 15) is 9.36 Å². The zero-order valence-corrected chi connectivity index (χ0v) is 16.6. The zero-order valence-electron chi connectivity index (χ0n) is 14.9. The molecule has 0 bridgehead atoms. The second-order valence-electron chi connectivity index (χ2n) is 5.73. The number of amides is 1. The number of anilines is 1. The number of nitrogens with one attached hydrogen (secondary N) is 1. The molecule has 1 aromatic heterocycles. The molecule has 1 aromatic rings. The Morgan fingerprint density at radius 3 is 2.33 bits per heavy atom. The van der Waals surface area contributed by atoms with Crippen LogP contribution < -0.4 is 10.1 Å². The van der Waals surface area contributed by atoms with Crippen molar-refractivity contribution in [2.45, 2.75) is 47.1 Å². The third-order valence-electron chi connectivity index (χ3n) is 2.37. The number of nitrogens with zero attached hydrogens (tertiary/aromatic N) is 1. The molecule has 0 aliphatic carbocycles. The summed E-state index contributed by atoms with van der Waals surface area (Å²) in [7, 11) is -3.32. The molecule has 0 fully saturated rings. The summed E-state index contributed by atoms with van der Waals surface area (Å²) in [5.41, 5.74) is -0.600. The molecule has 0 aliphatic heterocycles. The fourth-order valence-corrected chi connectivity index (χ4v) is 3.64. The first-order chi connectivity index (χ1) is 11.1. The van der Waals surface area contributed by atoms with Crippen molar-refractivity contribution >= 4 is 30.2 Å². The number of carbonyl (C=O) groups is 1. The Labute approximate surface area is 146 Å². The van der Waals surface area contributed by atoms with Gasteiger partial charge in [0.15, 0.2) is 11.5 Å². The molecule has 1 rings (SSSR count). The van der Waals surface area contributed by atoms with Gasteiger partial charge in [0.25, 0.3) is 0 Å². The number of hydrogen-bond donors (Lipinski definition) is 1. The van der Waals surface area contributed by atoms with Gasteiger partial charge in [-0.3, -0.25) is 9.88 Å². The third-order valence-corrected chi connectivity index (χ3v) is 4.99. The maximum Gasteiger partial charge on any atom is 0.413 e. The number of carbonyl (C=O) groups excluding carboxylic acids is 1. The Hall–Kier alpha value is -1.15. The van der Waals surface area contributed by atoms with Gasteiger partial charge in [0.2, 0.25) is 5.88 Å². The summed E-state index contributed by atoms with van der Waals surface area (Å²) in [6, 6.07) is 0. The zero-order chi connectivity index (χ0) is 18.4. The largest absolute Gasteiger partial charge is 0.464 e. The van der Waals surface area contributed by atoms with E-state index < -0.39 is 19.3 Å². The van der Waals surface area contributed by atoms with Crippen LogP contribution in [0.4, 0.5) is 9.93 Å². The van der Waals surface area contributed by atoms with Gasteiger partial charge in [-0.25, -0.2) is 4.79 Å². The number of aromatic nitrogens is 1. The molecule has 0 saturated heterocycles. The first kappa shape index (κ1) is 20.9. The summed E-state index contributed by atoms with van der Waals surface area (Å²) in [4.78, 5) is 16.6. The summed E-state index contributed by atoms with van der Waals surface area (Å²) in [5.74, 6) is 0.269. The van der Waals surface area contributed by atoms with E-state index in [1.54, 1.807) is 41.5 Å². The van der Waals surface area contributed by atoms with Crippen LogP contribution in [0.1, 0.15) is 39.5 Å². The Bertz CT molecular complexity index is 589. The van der Waals surface area contributed by atoms with Gasteiger partial charge in [-0.2, -0.15) is 4.98 Å². The molecular weight excluding hydrogens is 355 g/mol. The lowest BCUT2D eigenvalue weighted by atomic mass is 10.2. The maximum absolute atomic E-state index is 12.4. The van der Waals surface area contributed by atoms with Crippen molar-refractivity contribution in [1.29, 1.82) is 0 Å². The van der Waals surface area contributed by atoms with Crippen molar-refractivity contribution in [3.63, 3.8) is 0 Å². The number of hydrogen-bond acceptors (Lipinski definition) is 8. The predicted octanol–water partition coefficient (Wildman–Crippen LogP) is 4.40. The highest BCUT2D eigenvalue weighted by atomic mass is 32.1. The Morgan fingerprint density at radius 1 is 1.25 bits per heavy atom. The van der Waals surface area contributed by atoms with Crippen LogP contribution in [-0.4, -0.2) is 36.2 Å². The van der Waals surface area contributed by atoms with E-state index in [-0.39, 0.29) is 25.4 Å². The summed E-state index contributed by atoms with van der Waals surface area (Å²) in [6.07, 6.45) is -0.845. The molecule has 0 aromatic carbocycles. The molecule has 0 unspecified atom stereocenters. The van der Waals surface area contributed by atoms with E-state index in [0.29, 0.717) is 5.13 Å². The maximum atomic E-state index is 12.4. The quantitative estimate of drug-likeness (QED) is 0.668. The van der Waals surface area contributed by atoms with Crippen molar-refractivity contribution in [3.8, 4) is 5.88 Å². The van der Waals surface area contributed by atoms with Crippen LogP contribution in [0.25, 0.3) is 0 Å². The molecule has 1 N–H and O–H groups in total. The number of rotatable bonds is 8. The van der Waals surface area contributed by atoms with Crippen LogP contribution in [0, 0.1) is 6.92 Å². The average molecular weight is 380 g/mol. The summed E-state index contributed by atoms with van der Waals surface area (Å²) < 4.78 is 33.3. The number of ether oxygens (including phenoxy) is 2. The second kappa shape index (κ2) is 8.80. The lowest BCUT2D eigenvalue weighted by molar-refractivity contribution is 0.0636. The Balaban J connectivity index is 2.70. The standard InChI is InChI=1S/C14H25N2O6PS/c1-7-20-23(18,21-8-2)9-19-11-10(3)24-12(15-11)16-13(17)22-14(4,5)6/h7-9H2,1-6H3,(H,15,16,17). The van der Waals surface area contributed by atoms with Gasteiger partial charge < -0.3 is 18.5 Å². The molecule has 0 radical (unpaired) electrons. The minimum Gasteiger partial charge on any atom is -0.464 e. The lowest BCUT2D eigenvalue weighted by Gasteiger charge is -2.18. The fraction of sp³-hybridized carbons (Fsp3) is 0.714. The average Bonchev–Trinajstić information content (AvgIpc) is 2.75. The SMILES string of the molecule is CCOP(=O)(COc1nc(NC(=O)OC(C)(C)C)sc1C)OCC. The summed E-state index contributed by atoms with van der Waals surface area (Å²) in [6.45, 7) is 11.0. The van der Waals surface area contributed by atoms with E-state index in [0.717, 1.165) is 4.88 Å². The minimum absolute atomic E-state index is 0.245. The fourth-order valence-electron chi connectivity index (χ4n) is 1.61. The Kier molecular flexibility index (Phi) is 7.66. The highest BCUT2D eigenvalue weighted by Crippen LogP contribution is 2.48. The van der Waals surface area contributed by atoms with Gasteiger partial charge >= 0.3 is 13.7 Å². The van der Waals surface area contributed by atoms with Gasteiger partial charge in [0.05, 0.1) is 18.1 Å². The molecule has 0 aliphatic rings. The van der Waals surface area contributed by atoms with Gasteiger partial charge in [-0.05, 0) is 41.5 Å². The molecule has 10 heteroatoms. The monoisotopic (exact) mass is 380 g/mol. The van der Waals surface area contributed by atoms with Crippen LogP contribution in [0.2, 0.25) is 0 Å². The van der Waals surface area contributed by atoms with E-state index in [1.165, 1.54) is 11.3 Å². The molecule has 24 heavy (non-hydrogen) atoms. The van der Waals surface area contributed by atoms with Crippen molar-refractivity contribution in [3.05, 3.63) is 4.88 Å². The normalized spacial score (nSPS) is 12.1. The Morgan fingerprint density at radius 2 is 1.83 bits per heavy atom. The van der Waals surface area contributed by atoms with Crippen molar-refractivity contribution < 1.29 is 27.9 Å². The molecule has 0 spiro atoms. The molecule has 8 nitrogen and oxygen atoms in total. The summed E-state index contributed by atoms with van der Waals surface area (Å²) in [5, 5.41) is 2.87. The molecule has 1 amide bonds. The summed E-state index contributed by atoms with van der Waals surface area (Å²) >= 11 is 1.23. The molecule has 1 heterocycles.